The number of nitrogens with two attached hydrogens (primary N) is 1. The Labute approximate surface area is 153 Å². The van der Waals surface area contributed by atoms with Crippen molar-refractivity contribution in [3.63, 3.8) is 0 Å². The minimum absolute atomic E-state index is 0.0132. The van der Waals surface area contributed by atoms with Gasteiger partial charge in [-0.3, -0.25) is 0 Å². The van der Waals surface area contributed by atoms with Gasteiger partial charge in [0.1, 0.15) is 17.0 Å². The topological polar surface area (TPSA) is 64.1 Å². The zero-order valence-corrected chi connectivity index (χ0v) is 15.9. The van der Waals surface area contributed by atoms with Gasteiger partial charge in [-0.2, -0.15) is 0 Å². The number of thiophene rings is 1. The third-order valence-electron chi connectivity index (χ3n) is 3.44. The van der Waals surface area contributed by atoms with Crippen LogP contribution in [0.2, 0.25) is 0 Å². The maximum Gasteiger partial charge on any atom is 0.177 e. The fourth-order valence-electron chi connectivity index (χ4n) is 2.43. The lowest BCUT2D eigenvalue weighted by Crippen LogP contribution is -2.17. The van der Waals surface area contributed by atoms with Crippen LogP contribution < -0.4 is 11.1 Å². The molecule has 0 radical (unpaired) electrons. The van der Waals surface area contributed by atoms with E-state index in [1.165, 1.54) is 4.88 Å². The van der Waals surface area contributed by atoms with Gasteiger partial charge in [0, 0.05) is 23.9 Å². The maximum absolute atomic E-state index is 6.05. The number of pyridine rings is 1. The van der Waals surface area contributed by atoms with Crippen LogP contribution in [0.5, 0.6) is 0 Å². The molecule has 0 spiro atoms. The lowest BCUT2D eigenvalue weighted by molar-refractivity contribution is 0.523. The normalized spacial score (nSPS) is 12.0. The van der Waals surface area contributed by atoms with E-state index in [-0.39, 0.29) is 6.04 Å². The standard InChI is InChI=1S/C18H18BrN3OS/c1-3-5-12-9-14(21-10-13-6-4-7-24-13)18-17(22-12)16(19)15(23-18)8-11(2)20/h4,6-7,9,11H,8,10,20H2,1-2H3,(H,21,22)/t11-/m0/s1. The number of anilines is 1. The predicted octanol–water partition coefficient (Wildman–Crippen LogP) is 4.53. The molecule has 0 bridgehead atoms. The number of fused-ring (bicyclic) bond motifs is 1. The fraction of sp³-hybridized carbons (Fsp3) is 0.278. The highest BCUT2D eigenvalue weighted by Crippen LogP contribution is 2.35. The number of rotatable bonds is 5. The summed E-state index contributed by atoms with van der Waals surface area (Å²) in [5.41, 5.74) is 9.03. The first-order chi connectivity index (χ1) is 11.6. The van der Waals surface area contributed by atoms with Crippen molar-refractivity contribution in [3.05, 3.63) is 44.4 Å². The van der Waals surface area contributed by atoms with Gasteiger partial charge in [-0.05, 0) is 53.2 Å². The minimum Gasteiger partial charge on any atom is -0.456 e. The molecule has 3 heterocycles. The van der Waals surface area contributed by atoms with Gasteiger partial charge in [0.05, 0.1) is 10.2 Å². The van der Waals surface area contributed by atoms with Crippen molar-refractivity contribution >= 4 is 44.1 Å². The number of hydrogen-bond donors (Lipinski definition) is 2. The van der Waals surface area contributed by atoms with Gasteiger partial charge in [0.15, 0.2) is 5.58 Å². The van der Waals surface area contributed by atoms with E-state index in [2.05, 4.69) is 49.5 Å². The Morgan fingerprint density at radius 1 is 1.50 bits per heavy atom. The Morgan fingerprint density at radius 2 is 2.33 bits per heavy atom. The van der Waals surface area contributed by atoms with Crippen molar-refractivity contribution in [2.75, 3.05) is 5.32 Å². The molecule has 0 aliphatic carbocycles. The molecule has 0 aliphatic rings. The SMILES string of the molecule is CC#Cc1cc(NCc2cccs2)c2oc(C[C@H](C)N)c(Br)c2n1. The van der Waals surface area contributed by atoms with Gasteiger partial charge in [-0.1, -0.05) is 12.0 Å². The summed E-state index contributed by atoms with van der Waals surface area (Å²) in [7, 11) is 0. The molecule has 0 saturated carbocycles. The van der Waals surface area contributed by atoms with Crippen LogP contribution in [-0.4, -0.2) is 11.0 Å². The number of aromatic nitrogens is 1. The molecule has 1 atom stereocenters. The number of halogens is 1. The summed E-state index contributed by atoms with van der Waals surface area (Å²) in [5, 5.41) is 5.51. The second-order valence-corrected chi connectivity index (χ2v) is 7.39. The van der Waals surface area contributed by atoms with E-state index < -0.39 is 0 Å². The summed E-state index contributed by atoms with van der Waals surface area (Å²) in [5.74, 6) is 6.74. The van der Waals surface area contributed by atoms with E-state index in [0.717, 1.165) is 33.6 Å². The van der Waals surface area contributed by atoms with Crippen molar-refractivity contribution in [1.29, 1.82) is 0 Å². The molecule has 3 aromatic rings. The van der Waals surface area contributed by atoms with Crippen LogP contribution in [-0.2, 0) is 13.0 Å². The van der Waals surface area contributed by atoms with Gasteiger partial charge >= 0.3 is 0 Å². The van der Waals surface area contributed by atoms with Crippen LogP contribution in [0.15, 0.2) is 32.5 Å². The second-order valence-electron chi connectivity index (χ2n) is 5.56. The van der Waals surface area contributed by atoms with Crippen LogP contribution in [0.25, 0.3) is 11.1 Å². The molecule has 24 heavy (non-hydrogen) atoms. The van der Waals surface area contributed by atoms with Crippen LogP contribution in [0.1, 0.15) is 30.2 Å². The van der Waals surface area contributed by atoms with Gasteiger partial charge in [0.2, 0.25) is 0 Å². The van der Waals surface area contributed by atoms with E-state index in [1.807, 2.05) is 19.1 Å². The monoisotopic (exact) mass is 403 g/mol. The molecule has 0 aliphatic heterocycles. The predicted molar refractivity (Wildman–Crippen MR) is 103 cm³/mol. The molecule has 0 unspecified atom stereocenters. The van der Waals surface area contributed by atoms with Gasteiger partial charge in [-0.25, -0.2) is 4.98 Å². The molecule has 0 saturated heterocycles. The molecule has 0 fully saturated rings. The van der Waals surface area contributed by atoms with Gasteiger partial charge < -0.3 is 15.5 Å². The van der Waals surface area contributed by atoms with Gasteiger partial charge in [0.25, 0.3) is 0 Å². The molecular weight excluding hydrogens is 386 g/mol. The number of nitrogens with zero attached hydrogens (tertiary/aromatic N) is 1. The van der Waals surface area contributed by atoms with Crippen LogP contribution in [0.4, 0.5) is 5.69 Å². The number of nitrogens with one attached hydrogen (secondary N) is 1. The summed E-state index contributed by atoms with van der Waals surface area (Å²) in [6, 6.07) is 6.09. The summed E-state index contributed by atoms with van der Waals surface area (Å²) >= 11 is 5.32. The highest BCUT2D eigenvalue weighted by atomic mass is 79.9. The average Bonchev–Trinajstić information content (AvgIpc) is 3.15. The summed E-state index contributed by atoms with van der Waals surface area (Å²) in [6.45, 7) is 4.49. The Kier molecular flexibility index (Phi) is 5.24. The van der Waals surface area contributed by atoms with Gasteiger partial charge in [-0.15, -0.1) is 11.3 Å². The number of hydrogen-bond acceptors (Lipinski definition) is 5. The molecule has 3 rings (SSSR count). The van der Waals surface area contributed by atoms with Crippen molar-refractivity contribution in [2.45, 2.75) is 32.9 Å². The highest BCUT2D eigenvalue weighted by molar-refractivity contribution is 9.10. The van der Waals surface area contributed by atoms with Crippen molar-refractivity contribution in [3.8, 4) is 11.8 Å². The zero-order valence-electron chi connectivity index (χ0n) is 13.5. The lowest BCUT2D eigenvalue weighted by Gasteiger charge is -2.06. The van der Waals surface area contributed by atoms with E-state index in [1.54, 1.807) is 18.3 Å². The molecule has 0 amide bonds. The summed E-state index contributed by atoms with van der Waals surface area (Å²) < 4.78 is 6.90. The second kappa shape index (κ2) is 7.39. The third-order valence-corrected chi connectivity index (χ3v) is 5.14. The zero-order chi connectivity index (χ0) is 17.1. The van der Waals surface area contributed by atoms with Crippen LogP contribution in [0, 0.1) is 11.8 Å². The Balaban J connectivity index is 2.04. The maximum atomic E-state index is 6.05. The summed E-state index contributed by atoms with van der Waals surface area (Å²) in [6.07, 6.45) is 0.649. The molecule has 124 valence electrons. The molecule has 3 N–H and O–H groups in total. The molecule has 0 aromatic carbocycles. The quantitative estimate of drug-likeness (QED) is 0.614. The largest absolute Gasteiger partial charge is 0.456 e. The van der Waals surface area contributed by atoms with Crippen LogP contribution in [0.3, 0.4) is 0 Å². The molecule has 3 aromatic heterocycles. The van der Waals surface area contributed by atoms with Crippen molar-refractivity contribution in [2.24, 2.45) is 5.73 Å². The van der Waals surface area contributed by atoms with E-state index >= 15 is 0 Å². The van der Waals surface area contributed by atoms with E-state index in [9.17, 15) is 0 Å². The number of furan rings is 1. The Hall–Kier alpha value is -1.81. The van der Waals surface area contributed by atoms with Crippen molar-refractivity contribution in [1.82, 2.24) is 4.98 Å². The minimum atomic E-state index is 0.0132. The van der Waals surface area contributed by atoms with E-state index in [0.29, 0.717) is 12.1 Å². The first-order valence-electron chi connectivity index (χ1n) is 7.65. The molecule has 6 heteroatoms. The Bertz CT molecular complexity index is 904. The smallest absolute Gasteiger partial charge is 0.177 e. The van der Waals surface area contributed by atoms with Crippen molar-refractivity contribution < 1.29 is 4.42 Å². The van der Waals surface area contributed by atoms with Crippen LogP contribution >= 0.6 is 27.3 Å². The fourth-order valence-corrected chi connectivity index (χ4v) is 3.58. The Morgan fingerprint density at radius 3 is 3.00 bits per heavy atom. The third kappa shape index (κ3) is 3.64. The first-order valence-corrected chi connectivity index (χ1v) is 9.32. The molecule has 4 nitrogen and oxygen atoms in total. The average molecular weight is 404 g/mol. The first kappa shape index (κ1) is 17.0. The molecular formula is C18H18BrN3OS. The lowest BCUT2D eigenvalue weighted by atomic mass is 10.2. The highest BCUT2D eigenvalue weighted by Gasteiger charge is 2.18. The summed E-state index contributed by atoms with van der Waals surface area (Å²) in [4.78, 5) is 5.86. The van der Waals surface area contributed by atoms with E-state index in [4.69, 9.17) is 10.2 Å².